The molecule has 150 valence electrons. The van der Waals surface area contributed by atoms with Crippen molar-refractivity contribution >= 4 is 11.6 Å². The molecule has 7 nitrogen and oxygen atoms in total. The number of methoxy groups -OCH3 is 1. The number of hydrogen-bond acceptors (Lipinski definition) is 5. The zero-order valence-corrected chi connectivity index (χ0v) is 16.4. The number of benzene rings is 2. The zero-order chi connectivity index (χ0) is 20.1. The summed E-state index contributed by atoms with van der Waals surface area (Å²) < 4.78 is 12.9. The van der Waals surface area contributed by atoms with E-state index in [1.54, 1.807) is 19.2 Å². The molecule has 0 spiro atoms. The van der Waals surface area contributed by atoms with Gasteiger partial charge in [-0.1, -0.05) is 24.3 Å². The van der Waals surface area contributed by atoms with Crippen LogP contribution in [0.15, 0.2) is 48.5 Å². The number of rotatable bonds is 8. The monoisotopic (exact) mass is 392 g/mol. The van der Waals surface area contributed by atoms with Crippen molar-refractivity contribution in [3.05, 3.63) is 71.3 Å². The molecule has 1 N–H and O–H groups in total. The van der Waals surface area contributed by atoms with Crippen molar-refractivity contribution in [3.8, 4) is 5.75 Å². The molecule has 2 heterocycles. The lowest BCUT2D eigenvalue weighted by Crippen LogP contribution is -2.14. The number of fused-ring (bicyclic) bond motifs is 1. The molecule has 7 heteroatoms. The zero-order valence-electron chi connectivity index (χ0n) is 16.4. The van der Waals surface area contributed by atoms with Crippen molar-refractivity contribution < 1.29 is 14.3 Å². The van der Waals surface area contributed by atoms with Crippen LogP contribution in [0.25, 0.3) is 0 Å². The summed E-state index contributed by atoms with van der Waals surface area (Å²) in [7, 11) is 1.61. The molecule has 29 heavy (non-hydrogen) atoms. The molecular formula is C22H24N4O3. The highest BCUT2D eigenvalue weighted by Crippen LogP contribution is 2.21. The maximum absolute atomic E-state index is 12.7. The van der Waals surface area contributed by atoms with E-state index in [4.69, 9.17) is 9.47 Å². The standard InChI is InChI=1S/C22H24N4O3/c1-28-13-14-29-19-6-3-2-5-18(19)22(27)23-17-10-8-16(9-11-17)15-21-25-24-20-7-4-12-26(20)21/h2-3,5-6,8-11H,4,7,12-15H2,1H3,(H,23,27). The Kier molecular flexibility index (Phi) is 5.86. The summed E-state index contributed by atoms with van der Waals surface area (Å²) in [6.07, 6.45) is 2.88. The largest absolute Gasteiger partial charge is 0.490 e. The van der Waals surface area contributed by atoms with Gasteiger partial charge in [-0.15, -0.1) is 10.2 Å². The highest BCUT2D eigenvalue weighted by atomic mass is 16.5. The molecule has 1 amide bonds. The van der Waals surface area contributed by atoms with Gasteiger partial charge < -0.3 is 19.4 Å². The first-order valence-electron chi connectivity index (χ1n) is 9.76. The maximum Gasteiger partial charge on any atom is 0.259 e. The molecule has 2 aromatic carbocycles. The van der Waals surface area contributed by atoms with Crippen LogP contribution >= 0.6 is 0 Å². The molecule has 4 rings (SSSR count). The third-order valence-corrected chi connectivity index (χ3v) is 4.94. The van der Waals surface area contributed by atoms with Crippen LogP contribution in [0.1, 0.15) is 34.0 Å². The first-order valence-corrected chi connectivity index (χ1v) is 9.76. The minimum absolute atomic E-state index is 0.207. The molecule has 0 fully saturated rings. The molecule has 0 radical (unpaired) electrons. The fraction of sp³-hybridized carbons (Fsp3) is 0.318. The molecule has 0 saturated heterocycles. The van der Waals surface area contributed by atoms with Crippen LogP contribution in [0.5, 0.6) is 5.75 Å². The number of aryl methyl sites for hydroxylation is 1. The van der Waals surface area contributed by atoms with Gasteiger partial charge in [0.2, 0.25) is 0 Å². The molecule has 0 bridgehead atoms. The van der Waals surface area contributed by atoms with Crippen LogP contribution < -0.4 is 10.1 Å². The van der Waals surface area contributed by atoms with E-state index in [2.05, 4.69) is 20.1 Å². The van der Waals surface area contributed by atoms with Crippen molar-refractivity contribution in [2.45, 2.75) is 25.8 Å². The first-order chi connectivity index (χ1) is 14.2. The van der Waals surface area contributed by atoms with Gasteiger partial charge >= 0.3 is 0 Å². The Morgan fingerprint density at radius 3 is 2.76 bits per heavy atom. The van der Waals surface area contributed by atoms with Crippen molar-refractivity contribution in [2.75, 3.05) is 25.6 Å². The molecule has 3 aromatic rings. The van der Waals surface area contributed by atoms with Gasteiger partial charge in [-0.05, 0) is 36.2 Å². The van der Waals surface area contributed by atoms with E-state index < -0.39 is 0 Å². The molecule has 1 aromatic heterocycles. The average Bonchev–Trinajstić information content (AvgIpc) is 3.35. The number of hydrogen-bond donors (Lipinski definition) is 1. The number of carbonyl (C=O) groups excluding carboxylic acids is 1. The van der Waals surface area contributed by atoms with Gasteiger partial charge in [0, 0.05) is 32.2 Å². The summed E-state index contributed by atoms with van der Waals surface area (Å²) in [4.78, 5) is 12.7. The lowest BCUT2D eigenvalue weighted by Gasteiger charge is -2.12. The average molecular weight is 392 g/mol. The molecule has 0 saturated carbocycles. The van der Waals surface area contributed by atoms with Gasteiger partial charge in [0.05, 0.1) is 12.2 Å². The normalized spacial score (nSPS) is 12.6. The summed E-state index contributed by atoms with van der Waals surface area (Å²) in [5, 5.41) is 11.5. The van der Waals surface area contributed by atoms with Crippen LogP contribution in [0.2, 0.25) is 0 Å². The van der Waals surface area contributed by atoms with Crippen LogP contribution in [-0.2, 0) is 24.1 Å². The predicted octanol–water partition coefficient (Wildman–Crippen LogP) is 3.09. The molecule has 1 aliphatic heterocycles. The lowest BCUT2D eigenvalue weighted by molar-refractivity contribution is 0.101. The van der Waals surface area contributed by atoms with E-state index in [1.807, 2.05) is 36.4 Å². The van der Waals surface area contributed by atoms with Crippen molar-refractivity contribution in [1.82, 2.24) is 14.8 Å². The second kappa shape index (κ2) is 8.87. The smallest absolute Gasteiger partial charge is 0.259 e. The molecule has 0 aliphatic carbocycles. The second-order valence-electron chi connectivity index (χ2n) is 6.95. The number of carbonyl (C=O) groups is 1. The first kappa shape index (κ1) is 19.1. The van der Waals surface area contributed by atoms with Crippen molar-refractivity contribution in [1.29, 1.82) is 0 Å². The quantitative estimate of drug-likeness (QED) is 0.596. The Bertz CT molecular complexity index is 982. The SMILES string of the molecule is COCCOc1ccccc1C(=O)Nc1ccc(Cc2nnc3n2CCC3)cc1. The van der Waals surface area contributed by atoms with E-state index in [-0.39, 0.29) is 5.91 Å². The van der Waals surface area contributed by atoms with Crippen LogP contribution in [-0.4, -0.2) is 41.0 Å². The maximum atomic E-state index is 12.7. The number of aromatic nitrogens is 3. The van der Waals surface area contributed by atoms with E-state index in [0.29, 0.717) is 24.5 Å². The molecular weight excluding hydrogens is 368 g/mol. The van der Waals surface area contributed by atoms with Crippen molar-refractivity contribution in [2.24, 2.45) is 0 Å². The highest BCUT2D eigenvalue weighted by molar-refractivity contribution is 6.06. The van der Waals surface area contributed by atoms with E-state index in [1.165, 1.54) is 0 Å². The summed E-state index contributed by atoms with van der Waals surface area (Å²) in [6.45, 7) is 1.85. The van der Waals surface area contributed by atoms with Gasteiger partial charge in [-0.3, -0.25) is 4.79 Å². The molecule has 1 aliphatic rings. The third kappa shape index (κ3) is 4.46. The van der Waals surface area contributed by atoms with E-state index in [0.717, 1.165) is 48.7 Å². The number of anilines is 1. The minimum Gasteiger partial charge on any atom is -0.490 e. The summed E-state index contributed by atoms with van der Waals surface area (Å²) in [5.74, 6) is 2.41. The number of para-hydroxylation sites is 1. The Balaban J connectivity index is 1.40. The topological polar surface area (TPSA) is 78.3 Å². The Hall–Kier alpha value is -3.19. The Morgan fingerprint density at radius 2 is 1.93 bits per heavy atom. The van der Waals surface area contributed by atoms with Gasteiger partial charge in [-0.2, -0.15) is 0 Å². The highest BCUT2D eigenvalue weighted by Gasteiger charge is 2.17. The van der Waals surface area contributed by atoms with Gasteiger partial charge in [0.1, 0.15) is 24.0 Å². The van der Waals surface area contributed by atoms with Crippen molar-refractivity contribution in [3.63, 3.8) is 0 Å². The van der Waals surface area contributed by atoms with Crippen LogP contribution in [0.3, 0.4) is 0 Å². The van der Waals surface area contributed by atoms with Gasteiger partial charge in [0.15, 0.2) is 0 Å². The second-order valence-corrected chi connectivity index (χ2v) is 6.95. The molecule has 0 atom stereocenters. The van der Waals surface area contributed by atoms with E-state index in [9.17, 15) is 4.79 Å². The Labute approximate surface area is 169 Å². The lowest BCUT2D eigenvalue weighted by atomic mass is 10.1. The summed E-state index contributed by atoms with van der Waals surface area (Å²) in [6, 6.07) is 15.0. The fourth-order valence-electron chi connectivity index (χ4n) is 3.44. The van der Waals surface area contributed by atoms with Crippen LogP contribution in [0, 0.1) is 0 Å². The fourth-order valence-corrected chi connectivity index (χ4v) is 3.44. The minimum atomic E-state index is -0.207. The predicted molar refractivity (Wildman–Crippen MR) is 109 cm³/mol. The summed E-state index contributed by atoms with van der Waals surface area (Å²) in [5.41, 5.74) is 2.36. The van der Waals surface area contributed by atoms with Gasteiger partial charge in [0.25, 0.3) is 5.91 Å². The summed E-state index contributed by atoms with van der Waals surface area (Å²) >= 11 is 0. The van der Waals surface area contributed by atoms with Gasteiger partial charge in [-0.25, -0.2) is 0 Å². The van der Waals surface area contributed by atoms with E-state index >= 15 is 0 Å². The molecule has 0 unspecified atom stereocenters. The third-order valence-electron chi connectivity index (χ3n) is 4.94. The number of ether oxygens (including phenoxy) is 2. The number of amides is 1. The number of nitrogens with one attached hydrogen (secondary N) is 1. The Morgan fingerprint density at radius 1 is 1.10 bits per heavy atom. The van der Waals surface area contributed by atoms with Crippen LogP contribution in [0.4, 0.5) is 5.69 Å². The number of nitrogens with zero attached hydrogens (tertiary/aromatic N) is 3.